The van der Waals surface area contributed by atoms with E-state index < -0.39 is 6.17 Å². The van der Waals surface area contributed by atoms with E-state index in [1.54, 1.807) is 18.7 Å². The molecule has 0 rings (SSSR count). The zero-order valence-electron chi connectivity index (χ0n) is 11.9. The molecule has 108 valence electrons. The molecule has 0 aliphatic rings. The SMILES string of the molecule is CCCOC(=O)C(CCC)SCCCCC(C)F. The number of alkyl halides is 1. The van der Waals surface area contributed by atoms with E-state index in [0.29, 0.717) is 13.0 Å². The second kappa shape index (κ2) is 11.8. The molecule has 0 aliphatic heterocycles. The van der Waals surface area contributed by atoms with Crippen LogP contribution in [0.25, 0.3) is 0 Å². The number of hydrogen-bond acceptors (Lipinski definition) is 3. The van der Waals surface area contributed by atoms with Crippen molar-refractivity contribution in [2.75, 3.05) is 12.4 Å². The van der Waals surface area contributed by atoms with Crippen LogP contribution >= 0.6 is 11.8 Å². The molecular formula is C14H27FO2S. The van der Waals surface area contributed by atoms with Crippen molar-refractivity contribution in [3.63, 3.8) is 0 Å². The number of carbonyl (C=O) groups excluding carboxylic acids is 1. The second-order valence-electron chi connectivity index (χ2n) is 4.59. The van der Waals surface area contributed by atoms with Crippen LogP contribution in [-0.4, -0.2) is 29.8 Å². The van der Waals surface area contributed by atoms with Gasteiger partial charge in [0.05, 0.1) is 12.8 Å². The molecule has 2 nitrogen and oxygen atoms in total. The molecule has 0 aromatic carbocycles. The number of carbonyl (C=O) groups is 1. The third-order valence-electron chi connectivity index (χ3n) is 2.58. The highest BCUT2D eigenvalue weighted by Crippen LogP contribution is 2.20. The van der Waals surface area contributed by atoms with Gasteiger partial charge in [-0.25, -0.2) is 4.39 Å². The molecule has 0 aromatic heterocycles. The molecule has 4 heteroatoms. The van der Waals surface area contributed by atoms with Crippen molar-refractivity contribution in [1.82, 2.24) is 0 Å². The van der Waals surface area contributed by atoms with Gasteiger partial charge in [0.2, 0.25) is 0 Å². The van der Waals surface area contributed by atoms with Gasteiger partial charge >= 0.3 is 5.97 Å². The van der Waals surface area contributed by atoms with Crippen LogP contribution in [-0.2, 0) is 9.53 Å². The molecule has 0 aliphatic carbocycles. The van der Waals surface area contributed by atoms with Gasteiger partial charge in [-0.15, -0.1) is 11.8 Å². The fourth-order valence-electron chi connectivity index (χ4n) is 1.58. The Kier molecular flexibility index (Phi) is 11.7. The second-order valence-corrected chi connectivity index (χ2v) is 5.90. The number of halogens is 1. The van der Waals surface area contributed by atoms with Crippen molar-refractivity contribution < 1.29 is 13.9 Å². The van der Waals surface area contributed by atoms with Crippen LogP contribution in [0.15, 0.2) is 0 Å². The zero-order chi connectivity index (χ0) is 13.8. The van der Waals surface area contributed by atoms with Gasteiger partial charge in [-0.1, -0.05) is 20.3 Å². The van der Waals surface area contributed by atoms with E-state index in [9.17, 15) is 9.18 Å². The highest BCUT2D eigenvalue weighted by molar-refractivity contribution is 8.00. The lowest BCUT2D eigenvalue weighted by molar-refractivity contribution is -0.143. The molecule has 0 bridgehead atoms. The fourth-order valence-corrected chi connectivity index (χ4v) is 2.84. The molecule has 0 fully saturated rings. The summed E-state index contributed by atoms with van der Waals surface area (Å²) >= 11 is 1.66. The molecule has 2 atom stereocenters. The summed E-state index contributed by atoms with van der Waals surface area (Å²) in [5.74, 6) is 0.834. The predicted octanol–water partition coefficient (Wildman–Crippen LogP) is 4.37. The van der Waals surface area contributed by atoms with Gasteiger partial charge < -0.3 is 4.74 Å². The number of rotatable bonds is 11. The largest absolute Gasteiger partial charge is 0.465 e. The summed E-state index contributed by atoms with van der Waals surface area (Å²) in [6.45, 7) is 6.17. The summed E-state index contributed by atoms with van der Waals surface area (Å²) < 4.78 is 17.8. The van der Waals surface area contributed by atoms with Crippen molar-refractivity contribution in [2.24, 2.45) is 0 Å². The molecule has 0 saturated heterocycles. The maximum absolute atomic E-state index is 12.6. The van der Waals surface area contributed by atoms with Gasteiger partial charge in [-0.2, -0.15) is 0 Å². The molecule has 2 unspecified atom stereocenters. The summed E-state index contributed by atoms with van der Waals surface area (Å²) in [6.07, 6.45) is 4.50. The van der Waals surface area contributed by atoms with Crippen LogP contribution in [0.2, 0.25) is 0 Å². The molecule has 0 saturated carbocycles. The number of esters is 1. The van der Waals surface area contributed by atoms with Crippen molar-refractivity contribution in [3.05, 3.63) is 0 Å². The lowest BCUT2D eigenvalue weighted by atomic mass is 10.2. The van der Waals surface area contributed by atoms with E-state index in [-0.39, 0.29) is 11.2 Å². The Balaban J connectivity index is 3.78. The van der Waals surface area contributed by atoms with Crippen LogP contribution < -0.4 is 0 Å². The van der Waals surface area contributed by atoms with Crippen LogP contribution in [0.1, 0.15) is 59.3 Å². The van der Waals surface area contributed by atoms with Crippen LogP contribution in [0.4, 0.5) is 4.39 Å². The molecule has 0 amide bonds. The maximum Gasteiger partial charge on any atom is 0.319 e. The smallest absolute Gasteiger partial charge is 0.319 e. The molecule has 0 aromatic rings. The monoisotopic (exact) mass is 278 g/mol. The van der Waals surface area contributed by atoms with Crippen LogP contribution in [0.3, 0.4) is 0 Å². The Labute approximate surface area is 115 Å². The Bertz CT molecular complexity index is 210. The first kappa shape index (κ1) is 17.8. The third kappa shape index (κ3) is 9.75. The summed E-state index contributed by atoms with van der Waals surface area (Å²) in [5, 5.41) is -0.0376. The minimum absolute atomic E-state index is 0.0376. The molecule has 0 N–H and O–H groups in total. The topological polar surface area (TPSA) is 26.3 Å². The third-order valence-corrected chi connectivity index (χ3v) is 3.93. The van der Waals surface area contributed by atoms with E-state index in [1.807, 2.05) is 6.92 Å². The summed E-state index contributed by atoms with van der Waals surface area (Å²) in [6, 6.07) is 0. The highest BCUT2D eigenvalue weighted by atomic mass is 32.2. The number of thioether (sulfide) groups is 1. The Morgan fingerprint density at radius 1 is 1.22 bits per heavy atom. The van der Waals surface area contributed by atoms with E-state index >= 15 is 0 Å². The maximum atomic E-state index is 12.6. The summed E-state index contributed by atoms with van der Waals surface area (Å²) in [4.78, 5) is 11.8. The number of hydrogen-bond donors (Lipinski definition) is 0. The van der Waals surface area contributed by atoms with E-state index in [2.05, 4.69) is 6.92 Å². The molecule has 0 heterocycles. The lowest BCUT2D eigenvalue weighted by Gasteiger charge is -2.14. The number of unbranched alkanes of at least 4 members (excludes halogenated alkanes) is 1. The van der Waals surface area contributed by atoms with Crippen LogP contribution in [0, 0.1) is 0 Å². The summed E-state index contributed by atoms with van der Waals surface area (Å²) in [7, 11) is 0. The van der Waals surface area contributed by atoms with Crippen molar-refractivity contribution in [2.45, 2.75) is 70.7 Å². The lowest BCUT2D eigenvalue weighted by Crippen LogP contribution is -2.21. The summed E-state index contributed by atoms with van der Waals surface area (Å²) in [5.41, 5.74) is 0. The normalized spacial score (nSPS) is 14.2. The average molecular weight is 278 g/mol. The van der Waals surface area contributed by atoms with E-state index in [0.717, 1.165) is 37.9 Å². The van der Waals surface area contributed by atoms with Crippen LogP contribution in [0.5, 0.6) is 0 Å². The quantitative estimate of drug-likeness (QED) is 0.415. The van der Waals surface area contributed by atoms with Gasteiger partial charge in [0.1, 0.15) is 5.25 Å². The zero-order valence-corrected chi connectivity index (χ0v) is 12.7. The molecule has 0 spiro atoms. The first-order valence-corrected chi connectivity index (χ1v) is 8.09. The van der Waals surface area contributed by atoms with Gasteiger partial charge in [0.25, 0.3) is 0 Å². The molecular weight excluding hydrogens is 251 g/mol. The predicted molar refractivity (Wildman–Crippen MR) is 76.8 cm³/mol. The first-order valence-electron chi connectivity index (χ1n) is 7.04. The van der Waals surface area contributed by atoms with Crippen molar-refractivity contribution >= 4 is 17.7 Å². The fraction of sp³-hybridized carbons (Fsp3) is 0.929. The minimum atomic E-state index is -0.712. The molecule has 0 radical (unpaired) electrons. The Morgan fingerprint density at radius 3 is 2.50 bits per heavy atom. The minimum Gasteiger partial charge on any atom is -0.465 e. The first-order chi connectivity index (χ1) is 8.61. The van der Waals surface area contributed by atoms with Crippen molar-refractivity contribution in [1.29, 1.82) is 0 Å². The standard InChI is InChI=1S/C14H27FO2S/c1-4-8-13(14(16)17-10-5-2)18-11-7-6-9-12(3)15/h12-13H,4-11H2,1-3H3. The average Bonchev–Trinajstić information content (AvgIpc) is 2.33. The number of ether oxygens (including phenoxy) is 1. The molecule has 18 heavy (non-hydrogen) atoms. The van der Waals surface area contributed by atoms with E-state index in [1.165, 1.54) is 0 Å². The van der Waals surface area contributed by atoms with Gasteiger partial charge in [-0.05, 0) is 44.8 Å². The van der Waals surface area contributed by atoms with Gasteiger partial charge in [-0.3, -0.25) is 4.79 Å². The Morgan fingerprint density at radius 2 is 1.94 bits per heavy atom. The van der Waals surface area contributed by atoms with Gasteiger partial charge in [0, 0.05) is 0 Å². The Hall–Kier alpha value is -0.250. The van der Waals surface area contributed by atoms with E-state index in [4.69, 9.17) is 4.74 Å². The highest BCUT2D eigenvalue weighted by Gasteiger charge is 2.18. The van der Waals surface area contributed by atoms with Gasteiger partial charge in [0.15, 0.2) is 0 Å². The van der Waals surface area contributed by atoms with Crippen molar-refractivity contribution in [3.8, 4) is 0 Å².